The summed E-state index contributed by atoms with van der Waals surface area (Å²) in [6.45, 7) is 0. The van der Waals surface area contributed by atoms with Gasteiger partial charge in [0.05, 0.1) is 6.07 Å². The predicted molar refractivity (Wildman–Crippen MR) is 62.8 cm³/mol. The standard InChI is InChI=1S/C10H6Cl2N2S/c11-8-1-2-10(12)7(3-8)4-9(5-13)15-6-14/h1-3,9H,4H2/t9-/m1/s1. The summed E-state index contributed by atoms with van der Waals surface area (Å²) in [5, 5.41) is 19.9. The van der Waals surface area contributed by atoms with Crippen LogP contribution < -0.4 is 0 Å². The first-order valence-electron chi connectivity index (χ1n) is 4.05. The summed E-state index contributed by atoms with van der Waals surface area (Å²) in [6.07, 6.45) is 0.425. The van der Waals surface area contributed by atoms with Crippen LogP contribution in [0.2, 0.25) is 10.0 Å². The third kappa shape index (κ3) is 3.64. The van der Waals surface area contributed by atoms with Gasteiger partial charge in [0, 0.05) is 10.0 Å². The molecule has 0 amide bonds. The fraction of sp³-hybridized carbons (Fsp3) is 0.200. The molecule has 0 fully saturated rings. The maximum absolute atomic E-state index is 8.78. The van der Waals surface area contributed by atoms with E-state index >= 15 is 0 Å². The van der Waals surface area contributed by atoms with Crippen LogP contribution in [0.25, 0.3) is 0 Å². The third-order valence-corrected chi connectivity index (χ3v) is 3.02. The van der Waals surface area contributed by atoms with Crippen LogP contribution in [-0.2, 0) is 6.42 Å². The molecule has 0 aliphatic rings. The van der Waals surface area contributed by atoms with E-state index in [-0.39, 0.29) is 0 Å². The molecular weight excluding hydrogens is 251 g/mol. The summed E-state index contributed by atoms with van der Waals surface area (Å²) in [4.78, 5) is 0. The number of thiocyanates is 1. The molecule has 0 saturated heterocycles. The highest BCUT2D eigenvalue weighted by atomic mass is 35.5. The Kier molecular flexibility index (Phi) is 4.78. The molecule has 0 N–H and O–H groups in total. The second-order valence-electron chi connectivity index (χ2n) is 2.77. The molecule has 0 spiro atoms. The van der Waals surface area contributed by atoms with E-state index in [9.17, 15) is 0 Å². The van der Waals surface area contributed by atoms with Crippen LogP contribution >= 0.6 is 35.0 Å². The lowest BCUT2D eigenvalue weighted by molar-refractivity contribution is 1.03. The fourth-order valence-electron chi connectivity index (χ4n) is 1.08. The van der Waals surface area contributed by atoms with Crippen molar-refractivity contribution in [3.63, 3.8) is 0 Å². The molecule has 0 saturated carbocycles. The van der Waals surface area contributed by atoms with E-state index in [0.29, 0.717) is 16.5 Å². The van der Waals surface area contributed by atoms with Crippen molar-refractivity contribution in [3.05, 3.63) is 33.8 Å². The molecule has 0 heterocycles. The molecule has 0 aromatic heterocycles. The summed E-state index contributed by atoms with van der Waals surface area (Å²) in [5.74, 6) is 0. The van der Waals surface area contributed by atoms with Gasteiger partial charge < -0.3 is 0 Å². The number of benzene rings is 1. The van der Waals surface area contributed by atoms with Crippen LogP contribution in [0.1, 0.15) is 5.56 Å². The van der Waals surface area contributed by atoms with Crippen molar-refractivity contribution in [2.24, 2.45) is 0 Å². The highest BCUT2D eigenvalue weighted by Crippen LogP contribution is 2.24. The quantitative estimate of drug-likeness (QED) is 0.776. The lowest BCUT2D eigenvalue weighted by Crippen LogP contribution is -2.03. The Morgan fingerprint density at radius 1 is 1.33 bits per heavy atom. The second kappa shape index (κ2) is 5.88. The monoisotopic (exact) mass is 256 g/mol. The molecule has 1 rings (SSSR count). The summed E-state index contributed by atoms with van der Waals surface area (Å²) in [5.41, 5.74) is 0.790. The number of rotatable bonds is 3. The molecule has 1 atom stereocenters. The van der Waals surface area contributed by atoms with Gasteiger partial charge in [-0.05, 0) is 41.9 Å². The van der Waals surface area contributed by atoms with E-state index in [1.807, 2.05) is 11.5 Å². The van der Waals surface area contributed by atoms with Gasteiger partial charge in [-0.15, -0.1) is 0 Å². The van der Waals surface area contributed by atoms with Gasteiger partial charge in [-0.1, -0.05) is 23.2 Å². The molecule has 0 radical (unpaired) electrons. The van der Waals surface area contributed by atoms with E-state index in [1.54, 1.807) is 18.2 Å². The number of nitriles is 2. The first kappa shape index (κ1) is 12.2. The van der Waals surface area contributed by atoms with E-state index in [2.05, 4.69) is 0 Å². The molecule has 0 aliphatic carbocycles. The highest BCUT2D eigenvalue weighted by Gasteiger charge is 2.11. The van der Waals surface area contributed by atoms with Crippen LogP contribution in [0, 0.1) is 22.0 Å². The van der Waals surface area contributed by atoms with Crippen LogP contribution in [-0.4, -0.2) is 5.25 Å². The average Bonchev–Trinajstić information content (AvgIpc) is 2.22. The minimum Gasteiger partial charge on any atom is -0.197 e. The molecule has 0 aliphatic heterocycles. The zero-order valence-electron chi connectivity index (χ0n) is 7.58. The highest BCUT2D eigenvalue weighted by molar-refractivity contribution is 8.04. The number of nitrogens with zero attached hydrogens (tertiary/aromatic N) is 2. The molecule has 1 aromatic carbocycles. The van der Waals surface area contributed by atoms with Crippen molar-refractivity contribution in [1.29, 1.82) is 10.5 Å². The fourth-order valence-corrected chi connectivity index (χ4v) is 1.91. The SMILES string of the molecule is N#CS[C@@H](C#N)Cc1cc(Cl)ccc1Cl. The molecular formula is C10H6Cl2N2S. The summed E-state index contributed by atoms with van der Waals surface area (Å²) >= 11 is 12.7. The normalized spacial score (nSPS) is 11.5. The van der Waals surface area contributed by atoms with Crippen LogP contribution in [0.5, 0.6) is 0 Å². The smallest absolute Gasteiger partial charge is 0.134 e. The number of hydrogen-bond donors (Lipinski definition) is 0. The van der Waals surface area contributed by atoms with E-state index in [4.69, 9.17) is 33.7 Å². The maximum Gasteiger partial charge on any atom is 0.134 e. The predicted octanol–water partition coefficient (Wildman–Crippen LogP) is 3.64. The van der Waals surface area contributed by atoms with Gasteiger partial charge in [-0.25, -0.2) is 0 Å². The van der Waals surface area contributed by atoms with Gasteiger partial charge in [0.15, 0.2) is 0 Å². The summed E-state index contributed by atoms with van der Waals surface area (Å²) in [6, 6.07) is 7.12. The molecule has 0 unspecified atom stereocenters. The number of thioether (sulfide) groups is 1. The Hall–Kier alpha value is -0.870. The number of halogens is 2. The van der Waals surface area contributed by atoms with Crippen molar-refractivity contribution in [1.82, 2.24) is 0 Å². The zero-order chi connectivity index (χ0) is 11.3. The minimum atomic E-state index is -0.411. The summed E-state index contributed by atoms with van der Waals surface area (Å²) in [7, 11) is 0. The lowest BCUT2D eigenvalue weighted by Gasteiger charge is -2.06. The molecule has 15 heavy (non-hydrogen) atoms. The lowest BCUT2D eigenvalue weighted by atomic mass is 10.1. The minimum absolute atomic E-state index is 0.411. The third-order valence-electron chi connectivity index (χ3n) is 1.75. The first-order chi connectivity index (χ1) is 7.17. The van der Waals surface area contributed by atoms with Gasteiger partial charge in [0.2, 0.25) is 0 Å². The maximum atomic E-state index is 8.78. The molecule has 0 bridgehead atoms. The van der Waals surface area contributed by atoms with Gasteiger partial charge in [0.1, 0.15) is 10.7 Å². The Labute approximate surface area is 102 Å². The van der Waals surface area contributed by atoms with E-state index in [1.165, 1.54) is 0 Å². The first-order valence-corrected chi connectivity index (χ1v) is 5.69. The van der Waals surface area contributed by atoms with Crippen molar-refractivity contribution < 1.29 is 0 Å². The topological polar surface area (TPSA) is 47.6 Å². The Morgan fingerprint density at radius 3 is 2.67 bits per heavy atom. The van der Waals surface area contributed by atoms with Gasteiger partial charge in [-0.3, -0.25) is 0 Å². The average molecular weight is 257 g/mol. The molecule has 76 valence electrons. The van der Waals surface area contributed by atoms with Crippen molar-refractivity contribution >= 4 is 35.0 Å². The van der Waals surface area contributed by atoms with Crippen molar-refractivity contribution in [3.8, 4) is 11.5 Å². The Balaban J connectivity index is 2.84. The van der Waals surface area contributed by atoms with Crippen LogP contribution in [0.15, 0.2) is 18.2 Å². The second-order valence-corrected chi connectivity index (χ2v) is 4.60. The molecule has 2 nitrogen and oxygen atoms in total. The van der Waals surface area contributed by atoms with Crippen LogP contribution in [0.4, 0.5) is 0 Å². The van der Waals surface area contributed by atoms with Crippen molar-refractivity contribution in [2.45, 2.75) is 11.7 Å². The molecule has 5 heteroatoms. The van der Waals surface area contributed by atoms with Crippen molar-refractivity contribution in [2.75, 3.05) is 0 Å². The van der Waals surface area contributed by atoms with Gasteiger partial charge >= 0.3 is 0 Å². The largest absolute Gasteiger partial charge is 0.197 e. The number of hydrogen-bond acceptors (Lipinski definition) is 3. The zero-order valence-corrected chi connectivity index (χ0v) is 9.90. The molecule has 1 aromatic rings. The Bertz CT molecular complexity index is 434. The van der Waals surface area contributed by atoms with Gasteiger partial charge in [-0.2, -0.15) is 10.5 Å². The van der Waals surface area contributed by atoms with Gasteiger partial charge in [0.25, 0.3) is 0 Å². The van der Waals surface area contributed by atoms with E-state index in [0.717, 1.165) is 17.3 Å². The van der Waals surface area contributed by atoms with Crippen LogP contribution in [0.3, 0.4) is 0 Å². The summed E-state index contributed by atoms with van der Waals surface area (Å²) < 4.78 is 0. The Morgan fingerprint density at radius 2 is 2.07 bits per heavy atom. The van der Waals surface area contributed by atoms with E-state index < -0.39 is 5.25 Å².